The fourth-order valence-corrected chi connectivity index (χ4v) is 5.29. The third kappa shape index (κ3) is 2.83. The first-order valence-electron chi connectivity index (χ1n) is 6.55. The van der Waals surface area contributed by atoms with Crippen LogP contribution in [0.3, 0.4) is 0 Å². The maximum Gasteiger partial charge on any atom is 0.322 e. The van der Waals surface area contributed by atoms with Crippen LogP contribution in [0.25, 0.3) is 0 Å². The van der Waals surface area contributed by atoms with Crippen molar-refractivity contribution >= 4 is 44.9 Å². The molecule has 1 aromatic rings. The standard InChI is InChI=1S/C11H13ClN4O4S2/c12-9-13-5-7(21-9)22(19,20)14-4-6-1-2-11(3-6)8(17)15-10(18)16-11/h5-6,14H,1-4H2,(H2,15,16,17,18). The van der Waals surface area contributed by atoms with Crippen LogP contribution in [0.4, 0.5) is 4.79 Å². The van der Waals surface area contributed by atoms with Crippen LogP contribution in [0.5, 0.6) is 0 Å². The van der Waals surface area contributed by atoms with E-state index in [4.69, 9.17) is 11.6 Å². The largest absolute Gasteiger partial charge is 0.323 e. The number of carbonyl (C=O) groups is 2. The van der Waals surface area contributed by atoms with Crippen LogP contribution in [0.2, 0.25) is 4.47 Å². The number of thiazole rings is 1. The summed E-state index contributed by atoms with van der Waals surface area (Å²) < 4.78 is 26.9. The molecule has 1 saturated carbocycles. The minimum atomic E-state index is -3.65. The Labute approximate surface area is 135 Å². The number of imide groups is 1. The number of amides is 3. The molecule has 11 heteroatoms. The maximum atomic E-state index is 12.1. The molecular formula is C11H13ClN4O4S2. The average molecular weight is 365 g/mol. The van der Waals surface area contributed by atoms with Crippen molar-refractivity contribution in [2.75, 3.05) is 6.54 Å². The van der Waals surface area contributed by atoms with Gasteiger partial charge in [-0.15, -0.1) is 0 Å². The van der Waals surface area contributed by atoms with Gasteiger partial charge in [-0.2, -0.15) is 0 Å². The zero-order valence-electron chi connectivity index (χ0n) is 11.3. The second kappa shape index (κ2) is 5.44. The van der Waals surface area contributed by atoms with Crippen LogP contribution < -0.4 is 15.4 Å². The molecule has 1 spiro atoms. The van der Waals surface area contributed by atoms with Crippen molar-refractivity contribution in [3.05, 3.63) is 10.7 Å². The first-order valence-corrected chi connectivity index (χ1v) is 9.23. The highest BCUT2D eigenvalue weighted by molar-refractivity contribution is 7.91. The Morgan fingerprint density at radius 2 is 2.27 bits per heavy atom. The average Bonchev–Trinajstić information content (AvgIpc) is 3.10. The number of aromatic nitrogens is 1. The summed E-state index contributed by atoms with van der Waals surface area (Å²) in [6, 6.07) is -0.495. The van der Waals surface area contributed by atoms with Gasteiger partial charge in [-0.1, -0.05) is 22.9 Å². The minimum Gasteiger partial charge on any atom is -0.323 e. The molecule has 1 saturated heterocycles. The maximum absolute atomic E-state index is 12.1. The van der Waals surface area contributed by atoms with Crippen LogP contribution in [-0.4, -0.2) is 37.4 Å². The molecule has 1 aromatic heterocycles. The summed E-state index contributed by atoms with van der Waals surface area (Å²) in [5, 5.41) is 4.86. The van der Waals surface area contributed by atoms with Gasteiger partial charge in [0.25, 0.3) is 15.9 Å². The SMILES string of the molecule is O=C1NC(=O)C2(CCC(CNS(=O)(=O)c3cnc(Cl)s3)C2)N1. The van der Waals surface area contributed by atoms with E-state index >= 15 is 0 Å². The van der Waals surface area contributed by atoms with Crippen LogP contribution in [-0.2, 0) is 14.8 Å². The summed E-state index contributed by atoms with van der Waals surface area (Å²) in [4.78, 5) is 26.8. The molecule has 2 aliphatic rings. The molecule has 2 fully saturated rings. The van der Waals surface area contributed by atoms with Gasteiger partial charge in [0.2, 0.25) is 0 Å². The molecular weight excluding hydrogens is 352 g/mol. The monoisotopic (exact) mass is 364 g/mol. The Bertz CT molecular complexity index is 734. The number of hydrogen-bond acceptors (Lipinski definition) is 6. The Kier molecular flexibility index (Phi) is 3.87. The van der Waals surface area contributed by atoms with E-state index in [1.54, 1.807) is 0 Å². The second-order valence-electron chi connectivity index (χ2n) is 5.38. The number of halogens is 1. The molecule has 8 nitrogen and oxygen atoms in total. The molecule has 3 rings (SSSR count). The zero-order valence-corrected chi connectivity index (χ0v) is 13.6. The van der Waals surface area contributed by atoms with Crippen molar-refractivity contribution in [2.24, 2.45) is 5.92 Å². The van der Waals surface area contributed by atoms with Crippen molar-refractivity contribution in [3.63, 3.8) is 0 Å². The summed E-state index contributed by atoms with van der Waals surface area (Å²) in [5.41, 5.74) is -0.888. The summed E-state index contributed by atoms with van der Waals surface area (Å²) in [7, 11) is -3.65. The van der Waals surface area contributed by atoms with E-state index in [0.29, 0.717) is 19.3 Å². The molecule has 0 bridgehead atoms. The van der Waals surface area contributed by atoms with Gasteiger partial charge in [0, 0.05) is 6.54 Å². The number of urea groups is 1. The first-order chi connectivity index (χ1) is 10.3. The molecule has 3 N–H and O–H groups in total. The number of nitrogens with zero attached hydrogens (tertiary/aromatic N) is 1. The van der Waals surface area contributed by atoms with Crippen molar-refractivity contribution in [1.82, 2.24) is 20.3 Å². The van der Waals surface area contributed by atoms with Gasteiger partial charge in [-0.05, 0) is 25.2 Å². The van der Waals surface area contributed by atoms with Crippen LogP contribution >= 0.6 is 22.9 Å². The van der Waals surface area contributed by atoms with Crippen molar-refractivity contribution in [2.45, 2.75) is 29.0 Å². The minimum absolute atomic E-state index is 0.0256. The van der Waals surface area contributed by atoms with E-state index in [-0.39, 0.29) is 27.0 Å². The Balaban J connectivity index is 1.62. The van der Waals surface area contributed by atoms with Gasteiger partial charge in [0.05, 0.1) is 6.20 Å². The molecule has 2 atom stereocenters. The van der Waals surface area contributed by atoms with E-state index < -0.39 is 21.6 Å². The predicted octanol–water partition coefficient (Wildman–Crippen LogP) is 0.453. The first kappa shape index (κ1) is 15.7. The highest BCUT2D eigenvalue weighted by Crippen LogP contribution is 2.36. The Morgan fingerprint density at radius 1 is 1.50 bits per heavy atom. The van der Waals surface area contributed by atoms with Gasteiger partial charge in [-0.25, -0.2) is 22.9 Å². The number of sulfonamides is 1. The normalized spacial score (nSPS) is 28.1. The van der Waals surface area contributed by atoms with Gasteiger partial charge in [0.1, 0.15) is 5.54 Å². The third-order valence-electron chi connectivity index (χ3n) is 3.91. The van der Waals surface area contributed by atoms with Gasteiger partial charge in [-0.3, -0.25) is 10.1 Å². The summed E-state index contributed by atoms with van der Waals surface area (Å²) in [5.74, 6) is -0.362. The molecule has 2 unspecified atom stereocenters. The molecule has 3 amide bonds. The predicted molar refractivity (Wildman–Crippen MR) is 79.1 cm³/mol. The quantitative estimate of drug-likeness (QED) is 0.671. The lowest BCUT2D eigenvalue weighted by molar-refractivity contribution is -0.123. The molecule has 22 heavy (non-hydrogen) atoms. The lowest BCUT2D eigenvalue weighted by Gasteiger charge is -2.19. The van der Waals surface area contributed by atoms with Crippen LogP contribution in [0, 0.1) is 5.92 Å². The molecule has 1 aliphatic heterocycles. The third-order valence-corrected chi connectivity index (χ3v) is 6.91. The van der Waals surface area contributed by atoms with E-state index in [0.717, 1.165) is 11.3 Å². The fourth-order valence-electron chi connectivity index (χ4n) is 2.83. The highest BCUT2D eigenvalue weighted by Gasteiger charge is 2.50. The smallest absolute Gasteiger partial charge is 0.322 e. The Hall–Kier alpha value is -1.23. The van der Waals surface area contributed by atoms with E-state index in [9.17, 15) is 18.0 Å². The van der Waals surface area contributed by atoms with Crippen molar-refractivity contribution < 1.29 is 18.0 Å². The zero-order chi connectivity index (χ0) is 16.0. The number of carbonyl (C=O) groups excluding carboxylic acids is 2. The lowest BCUT2D eigenvalue weighted by Crippen LogP contribution is -2.44. The number of hydrogen-bond donors (Lipinski definition) is 3. The van der Waals surface area contributed by atoms with Crippen molar-refractivity contribution in [1.29, 1.82) is 0 Å². The molecule has 0 aromatic carbocycles. The molecule has 2 heterocycles. The Morgan fingerprint density at radius 3 is 2.86 bits per heavy atom. The van der Waals surface area contributed by atoms with E-state index in [1.807, 2.05) is 0 Å². The van der Waals surface area contributed by atoms with Gasteiger partial charge in [0.15, 0.2) is 8.68 Å². The van der Waals surface area contributed by atoms with Crippen LogP contribution in [0.1, 0.15) is 19.3 Å². The molecule has 0 radical (unpaired) electrons. The highest BCUT2D eigenvalue weighted by atomic mass is 35.5. The summed E-state index contributed by atoms with van der Waals surface area (Å²) in [6.45, 7) is 0.197. The second-order valence-corrected chi connectivity index (χ2v) is 8.99. The summed E-state index contributed by atoms with van der Waals surface area (Å²) >= 11 is 6.52. The summed E-state index contributed by atoms with van der Waals surface area (Å²) in [6.07, 6.45) is 2.77. The van der Waals surface area contributed by atoms with E-state index in [1.165, 1.54) is 6.20 Å². The van der Waals surface area contributed by atoms with Gasteiger partial charge < -0.3 is 5.32 Å². The van der Waals surface area contributed by atoms with Gasteiger partial charge >= 0.3 is 6.03 Å². The molecule has 1 aliphatic carbocycles. The molecule has 120 valence electrons. The topological polar surface area (TPSA) is 117 Å². The fraction of sp³-hybridized carbons (Fsp3) is 0.545. The lowest BCUT2D eigenvalue weighted by atomic mass is 9.96. The van der Waals surface area contributed by atoms with Crippen molar-refractivity contribution in [3.8, 4) is 0 Å². The number of rotatable bonds is 4. The van der Waals surface area contributed by atoms with Crippen LogP contribution in [0.15, 0.2) is 10.4 Å². The van der Waals surface area contributed by atoms with E-state index in [2.05, 4.69) is 20.3 Å². The number of nitrogens with one attached hydrogen (secondary N) is 3.